The summed E-state index contributed by atoms with van der Waals surface area (Å²) in [6.07, 6.45) is 2.13. The number of piperidine rings is 1. The molecule has 1 aromatic carbocycles. The van der Waals surface area contributed by atoms with Crippen molar-refractivity contribution < 1.29 is 19.4 Å². The lowest BCUT2D eigenvalue weighted by molar-refractivity contribution is -0.0626. The van der Waals surface area contributed by atoms with E-state index in [4.69, 9.17) is 9.47 Å². The quantitative estimate of drug-likeness (QED) is 0.877. The minimum absolute atomic E-state index is 0.0913. The van der Waals surface area contributed by atoms with Crippen molar-refractivity contribution in [2.45, 2.75) is 69.7 Å². The van der Waals surface area contributed by atoms with Crippen LogP contribution in [0.15, 0.2) is 18.2 Å². The van der Waals surface area contributed by atoms with E-state index in [-0.39, 0.29) is 18.2 Å². The molecule has 0 aliphatic carbocycles. The molecule has 6 nitrogen and oxygen atoms in total. The van der Waals surface area contributed by atoms with Gasteiger partial charge >= 0.3 is 6.09 Å². The molecule has 26 heavy (non-hydrogen) atoms. The Hall–Kier alpha value is -2.26. The Bertz CT molecular complexity index is 733. The SMILES string of the molecule is COc1cccc(C2(O)CC3CCC(C2)N3C(=O)OC(C)(C)C)c1C#N. The summed E-state index contributed by atoms with van der Waals surface area (Å²) in [4.78, 5) is 14.4. The summed E-state index contributed by atoms with van der Waals surface area (Å²) in [6.45, 7) is 5.55. The van der Waals surface area contributed by atoms with E-state index in [1.165, 1.54) is 7.11 Å². The number of ether oxygens (including phenoxy) is 2. The van der Waals surface area contributed by atoms with Crippen LogP contribution >= 0.6 is 0 Å². The van der Waals surface area contributed by atoms with Crippen molar-refractivity contribution in [3.05, 3.63) is 29.3 Å². The number of hydrogen-bond acceptors (Lipinski definition) is 5. The van der Waals surface area contributed by atoms with E-state index in [1.807, 2.05) is 20.8 Å². The number of carbonyl (C=O) groups excluding carboxylic acids is 1. The first-order valence-electron chi connectivity index (χ1n) is 9.00. The second-order valence-corrected chi connectivity index (χ2v) is 8.21. The van der Waals surface area contributed by atoms with Crippen LogP contribution in [0.4, 0.5) is 4.79 Å². The average molecular weight is 358 g/mol. The van der Waals surface area contributed by atoms with Gasteiger partial charge in [0.1, 0.15) is 23.0 Å². The molecule has 1 amide bonds. The van der Waals surface area contributed by atoms with E-state index in [1.54, 1.807) is 23.1 Å². The molecule has 1 N–H and O–H groups in total. The summed E-state index contributed by atoms with van der Waals surface area (Å²) in [5, 5.41) is 21.0. The van der Waals surface area contributed by atoms with Gasteiger partial charge in [0.05, 0.1) is 12.7 Å². The lowest BCUT2D eigenvalue weighted by atomic mass is 9.78. The molecule has 2 aliphatic heterocycles. The monoisotopic (exact) mass is 358 g/mol. The number of methoxy groups -OCH3 is 1. The van der Waals surface area contributed by atoms with Gasteiger partial charge in [-0.25, -0.2) is 4.79 Å². The van der Waals surface area contributed by atoms with E-state index >= 15 is 0 Å². The van der Waals surface area contributed by atoms with Crippen molar-refractivity contribution >= 4 is 6.09 Å². The fourth-order valence-corrected chi connectivity index (χ4v) is 4.26. The van der Waals surface area contributed by atoms with Gasteiger partial charge in [-0.1, -0.05) is 12.1 Å². The molecule has 2 atom stereocenters. The highest BCUT2D eigenvalue weighted by Gasteiger charge is 2.51. The van der Waals surface area contributed by atoms with E-state index in [9.17, 15) is 15.2 Å². The molecule has 2 saturated heterocycles. The summed E-state index contributed by atoms with van der Waals surface area (Å²) in [5.41, 5.74) is -0.752. The Balaban J connectivity index is 1.89. The van der Waals surface area contributed by atoms with Crippen molar-refractivity contribution in [1.29, 1.82) is 5.26 Å². The maximum Gasteiger partial charge on any atom is 0.410 e. The van der Waals surface area contributed by atoms with Crippen LogP contribution < -0.4 is 4.74 Å². The van der Waals surface area contributed by atoms with Gasteiger partial charge in [-0.05, 0) is 39.7 Å². The molecular formula is C20H26N2O4. The molecule has 0 saturated carbocycles. The first-order valence-corrected chi connectivity index (χ1v) is 9.00. The van der Waals surface area contributed by atoms with Gasteiger partial charge in [0.15, 0.2) is 0 Å². The lowest BCUT2D eigenvalue weighted by Gasteiger charge is -2.44. The fraction of sp³-hybridized carbons (Fsp3) is 0.600. The first kappa shape index (κ1) is 18.5. The van der Waals surface area contributed by atoms with Crippen molar-refractivity contribution in [2.75, 3.05) is 7.11 Å². The van der Waals surface area contributed by atoms with E-state index in [0.717, 1.165) is 12.8 Å². The molecular weight excluding hydrogens is 332 g/mol. The van der Waals surface area contributed by atoms with Gasteiger partial charge in [0.25, 0.3) is 0 Å². The minimum atomic E-state index is -1.15. The topological polar surface area (TPSA) is 82.8 Å². The molecule has 140 valence electrons. The van der Waals surface area contributed by atoms with Crippen LogP contribution in [0.1, 0.15) is 57.6 Å². The Kier molecular flexibility index (Phi) is 4.61. The molecule has 0 radical (unpaired) electrons. The van der Waals surface area contributed by atoms with Crippen LogP contribution in [0.25, 0.3) is 0 Å². The van der Waals surface area contributed by atoms with Crippen LogP contribution in [-0.2, 0) is 10.3 Å². The van der Waals surface area contributed by atoms with Crippen molar-refractivity contribution in [3.8, 4) is 11.8 Å². The van der Waals surface area contributed by atoms with Gasteiger partial charge < -0.3 is 19.5 Å². The maximum atomic E-state index is 12.6. The van der Waals surface area contributed by atoms with Gasteiger partial charge in [-0.2, -0.15) is 5.26 Å². The molecule has 2 fully saturated rings. The third kappa shape index (κ3) is 3.24. The first-order chi connectivity index (χ1) is 12.2. The smallest absolute Gasteiger partial charge is 0.410 e. The van der Waals surface area contributed by atoms with Crippen LogP contribution in [0, 0.1) is 11.3 Å². The molecule has 2 aliphatic rings. The number of fused-ring (bicyclic) bond motifs is 2. The summed E-state index contributed by atoms with van der Waals surface area (Å²) in [5.74, 6) is 0.459. The summed E-state index contributed by atoms with van der Waals surface area (Å²) in [6, 6.07) is 7.27. The summed E-state index contributed by atoms with van der Waals surface area (Å²) in [7, 11) is 1.51. The van der Waals surface area contributed by atoms with Crippen molar-refractivity contribution in [3.63, 3.8) is 0 Å². The maximum absolute atomic E-state index is 12.6. The number of nitrogens with zero attached hydrogens (tertiary/aromatic N) is 2. The lowest BCUT2D eigenvalue weighted by Crippen LogP contribution is -2.53. The Morgan fingerprint density at radius 2 is 1.92 bits per heavy atom. The molecule has 0 spiro atoms. The number of rotatable bonds is 2. The largest absolute Gasteiger partial charge is 0.495 e. The molecule has 3 rings (SSSR count). The van der Waals surface area contributed by atoms with E-state index in [0.29, 0.717) is 29.7 Å². The van der Waals surface area contributed by atoms with Crippen molar-refractivity contribution in [2.24, 2.45) is 0 Å². The summed E-state index contributed by atoms with van der Waals surface area (Å²) >= 11 is 0. The predicted octanol–water partition coefficient (Wildman–Crippen LogP) is 3.32. The highest BCUT2D eigenvalue weighted by molar-refractivity contribution is 5.70. The molecule has 2 heterocycles. The number of aliphatic hydroxyl groups is 1. The summed E-state index contributed by atoms with van der Waals surface area (Å²) < 4.78 is 10.8. The second-order valence-electron chi connectivity index (χ2n) is 8.21. The Morgan fingerprint density at radius 1 is 1.31 bits per heavy atom. The molecule has 2 unspecified atom stereocenters. The normalized spacial score (nSPS) is 27.8. The highest BCUT2D eigenvalue weighted by Crippen LogP contribution is 2.47. The van der Waals surface area contributed by atoms with Gasteiger partial charge in [-0.15, -0.1) is 0 Å². The zero-order chi connectivity index (χ0) is 19.1. The molecule has 2 bridgehead atoms. The number of hydrogen-bond donors (Lipinski definition) is 1. The third-order valence-corrected chi connectivity index (χ3v) is 5.23. The van der Waals surface area contributed by atoms with Gasteiger partial charge in [0, 0.05) is 30.5 Å². The number of nitriles is 1. The zero-order valence-corrected chi connectivity index (χ0v) is 15.8. The van der Waals surface area contributed by atoms with Crippen molar-refractivity contribution in [1.82, 2.24) is 4.90 Å². The van der Waals surface area contributed by atoms with Gasteiger partial charge in [0.2, 0.25) is 0 Å². The molecule has 1 aromatic rings. The predicted molar refractivity (Wildman–Crippen MR) is 95.7 cm³/mol. The van der Waals surface area contributed by atoms with E-state index in [2.05, 4.69) is 6.07 Å². The third-order valence-electron chi connectivity index (χ3n) is 5.23. The zero-order valence-electron chi connectivity index (χ0n) is 15.8. The molecule has 6 heteroatoms. The Labute approximate surface area is 154 Å². The standard InChI is InChI=1S/C20H26N2O4/c1-19(2,3)26-18(23)22-13-8-9-14(22)11-20(24,10-13)16-6-5-7-17(25-4)15(16)12-21/h5-7,13-14,24H,8-11H2,1-4H3. The number of benzene rings is 1. The van der Waals surface area contributed by atoms with Crippen LogP contribution in [-0.4, -0.2) is 40.9 Å². The molecule has 0 aromatic heterocycles. The van der Waals surface area contributed by atoms with Gasteiger partial charge in [-0.3, -0.25) is 0 Å². The van der Waals surface area contributed by atoms with Crippen LogP contribution in [0.5, 0.6) is 5.75 Å². The number of amides is 1. The van der Waals surface area contributed by atoms with Crippen LogP contribution in [0.3, 0.4) is 0 Å². The average Bonchev–Trinajstić information content (AvgIpc) is 2.85. The van der Waals surface area contributed by atoms with Crippen LogP contribution in [0.2, 0.25) is 0 Å². The Morgan fingerprint density at radius 3 is 2.42 bits per heavy atom. The number of carbonyl (C=O) groups is 1. The highest BCUT2D eigenvalue weighted by atomic mass is 16.6. The second kappa shape index (κ2) is 6.48. The fourth-order valence-electron chi connectivity index (χ4n) is 4.26. The minimum Gasteiger partial charge on any atom is -0.495 e. The van der Waals surface area contributed by atoms with E-state index < -0.39 is 11.2 Å².